The van der Waals surface area contributed by atoms with E-state index in [1.807, 2.05) is 31.2 Å². The Morgan fingerprint density at radius 3 is 2.42 bits per heavy atom. The van der Waals surface area contributed by atoms with Gasteiger partial charge in [0.25, 0.3) is 0 Å². The Labute approximate surface area is 193 Å². The molecule has 0 amide bonds. The lowest BCUT2D eigenvalue weighted by Gasteiger charge is -2.19. The molecule has 176 valence electrons. The fourth-order valence-electron chi connectivity index (χ4n) is 3.62. The number of carbonyl (C=O) groups is 1. The van der Waals surface area contributed by atoms with Gasteiger partial charge in [-0.15, -0.1) is 0 Å². The van der Waals surface area contributed by atoms with E-state index in [4.69, 9.17) is 9.84 Å². The lowest BCUT2D eigenvalue weighted by molar-refractivity contribution is -0.140. The monoisotopic (exact) mass is 481 g/mol. The molecule has 1 heterocycles. The summed E-state index contributed by atoms with van der Waals surface area (Å²) in [7, 11) is 0. The van der Waals surface area contributed by atoms with Crippen LogP contribution in [0, 0.1) is 6.92 Å². The zero-order chi connectivity index (χ0) is 24.2. The van der Waals surface area contributed by atoms with Crippen LogP contribution in [0.4, 0.5) is 17.6 Å². The quantitative estimate of drug-likeness (QED) is 0.343. The topological polar surface area (TPSA) is 59.4 Å². The number of alkyl halides is 4. The van der Waals surface area contributed by atoms with Crippen molar-refractivity contribution in [3.8, 4) is 17.0 Å². The first-order valence-electron chi connectivity index (χ1n) is 10.3. The first kappa shape index (κ1) is 24.7. The maximum Gasteiger partial charge on any atom is 0.417 e. The minimum Gasteiger partial charge on any atom is -0.488 e. The molecule has 0 unspecified atom stereocenters. The van der Waals surface area contributed by atoms with Crippen molar-refractivity contribution in [1.29, 1.82) is 0 Å². The third-order valence-corrected chi connectivity index (χ3v) is 6.24. The molecule has 1 N–H and O–H groups in total. The SMILES string of the molecule is CCc1ccc(-c2nsc(CF)c2COc2ccc(CCC(=O)O)c(C(F)(F)F)c2C)cc1. The van der Waals surface area contributed by atoms with Crippen LogP contribution in [0.5, 0.6) is 5.75 Å². The van der Waals surface area contributed by atoms with Crippen molar-refractivity contribution >= 4 is 17.5 Å². The number of halogens is 4. The van der Waals surface area contributed by atoms with E-state index in [0.29, 0.717) is 16.1 Å². The number of rotatable bonds is 9. The molecule has 33 heavy (non-hydrogen) atoms. The summed E-state index contributed by atoms with van der Waals surface area (Å²) in [5.41, 5.74) is 1.81. The van der Waals surface area contributed by atoms with Crippen molar-refractivity contribution in [2.75, 3.05) is 0 Å². The van der Waals surface area contributed by atoms with Crippen LogP contribution in [-0.2, 0) is 37.1 Å². The second kappa shape index (κ2) is 10.3. The summed E-state index contributed by atoms with van der Waals surface area (Å²) in [6.45, 7) is 2.41. The molecular weight excluding hydrogens is 458 g/mol. The molecule has 0 spiro atoms. The van der Waals surface area contributed by atoms with Crippen molar-refractivity contribution in [2.45, 2.75) is 52.6 Å². The largest absolute Gasteiger partial charge is 0.488 e. The summed E-state index contributed by atoms with van der Waals surface area (Å²) >= 11 is 0.999. The van der Waals surface area contributed by atoms with Gasteiger partial charge in [0.15, 0.2) is 0 Å². The highest BCUT2D eigenvalue weighted by atomic mass is 32.1. The molecule has 0 fully saturated rings. The molecule has 0 radical (unpaired) electrons. The Hall–Kier alpha value is -2.94. The second-order valence-corrected chi connectivity index (χ2v) is 8.38. The number of nitrogens with zero attached hydrogens (tertiary/aromatic N) is 1. The lowest BCUT2D eigenvalue weighted by Crippen LogP contribution is -2.14. The van der Waals surface area contributed by atoms with Crippen LogP contribution in [0.25, 0.3) is 11.3 Å². The van der Waals surface area contributed by atoms with Crippen molar-refractivity contribution in [3.63, 3.8) is 0 Å². The minimum atomic E-state index is -4.67. The van der Waals surface area contributed by atoms with Crippen molar-refractivity contribution in [1.82, 2.24) is 4.37 Å². The minimum absolute atomic E-state index is 0.00434. The number of hydrogen-bond donors (Lipinski definition) is 1. The van der Waals surface area contributed by atoms with Gasteiger partial charge in [0.2, 0.25) is 0 Å². The summed E-state index contributed by atoms with van der Waals surface area (Å²) in [5, 5.41) is 8.84. The first-order chi connectivity index (χ1) is 15.7. The predicted molar refractivity (Wildman–Crippen MR) is 118 cm³/mol. The summed E-state index contributed by atoms with van der Waals surface area (Å²) in [4.78, 5) is 11.2. The number of hydrogen-bond acceptors (Lipinski definition) is 4. The first-order valence-corrected chi connectivity index (χ1v) is 11.1. The van der Waals surface area contributed by atoms with Crippen LogP contribution in [0.1, 0.15) is 46.0 Å². The molecule has 0 atom stereocenters. The fourth-order valence-corrected chi connectivity index (χ4v) is 4.35. The van der Waals surface area contributed by atoms with E-state index in [-0.39, 0.29) is 29.9 Å². The Balaban J connectivity index is 1.92. The number of carboxylic acids is 1. The average Bonchev–Trinajstić information content (AvgIpc) is 3.19. The number of aromatic nitrogens is 1. The van der Waals surface area contributed by atoms with Gasteiger partial charge in [0.1, 0.15) is 19.0 Å². The summed E-state index contributed by atoms with van der Waals surface area (Å²) in [6, 6.07) is 10.3. The van der Waals surface area contributed by atoms with Crippen LogP contribution in [0.15, 0.2) is 36.4 Å². The van der Waals surface area contributed by atoms with Gasteiger partial charge in [0.05, 0.1) is 16.1 Å². The summed E-state index contributed by atoms with van der Waals surface area (Å²) < 4.78 is 64.9. The highest BCUT2D eigenvalue weighted by Gasteiger charge is 2.36. The Kier molecular flexibility index (Phi) is 7.73. The molecule has 3 rings (SSSR count). The molecule has 1 aromatic heterocycles. The lowest BCUT2D eigenvalue weighted by atomic mass is 9.97. The molecule has 9 heteroatoms. The van der Waals surface area contributed by atoms with Crippen molar-refractivity contribution in [3.05, 3.63) is 69.1 Å². The van der Waals surface area contributed by atoms with Crippen LogP contribution >= 0.6 is 11.5 Å². The van der Waals surface area contributed by atoms with Gasteiger partial charge in [-0.05, 0) is 48.5 Å². The maximum absolute atomic E-state index is 13.7. The molecule has 0 aliphatic rings. The third kappa shape index (κ3) is 5.71. The van der Waals surface area contributed by atoms with E-state index in [1.165, 1.54) is 19.1 Å². The van der Waals surface area contributed by atoms with Crippen LogP contribution in [0.3, 0.4) is 0 Å². The maximum atomic E-state index is 13.7. The normalized spacial score (nSPS) is 11.6. The van der Waals surface area contributed by atoms with Gasteiger partial charge >= 0.3 is 12.1 Å². The van der Waals surface area contributed by atoms with Gasteiger partial charge in [-0.1, -0.05) is 37.3 Å². The zero-order valence-corrected chi connectivity index (χ0v) is 18.9. The molecule has 0 saturated heterocycles. The van der Waals surface area contributed by atoms with Crippen LogP contribution < -0.4 is 4.74 Å². The number of aliphatic carboxylic acids is 1. The van der Waals surface area contributed by atoms with E-state index in [1.54, 1.807) is 0 Å². The molecule has 0 bridgehead atoms. The molecule has 4 nitrogen and oxygen atoms in total. The molecule has 3 aromatic rings. The van der Waals surface area contributed by atoms with Crippen LogP contribution in [0.2, 0.25) is 0 Å². The molecule has 0 saturated carbocycles. The molecular formula is C24H23F4NO3S. The van der Waals surface area contributed by atoms with E-state index >= 15 is 0 Å². The summed E-state index contributed by atoms with van der Waals surface area (Å²) in [6.07, 6.45) is -4.46. The Morgan fingerprint density at radius 2 is 1.85 bits per heavy atom. The van der Waals surface area contributed by atoms with Gasteiger partial charge in [-0.2, -0.15) is 17.5 Å². The van der Waals surface area contributed by atoms with Crippen LogP contribution in [-0.4, -0.2) is 15.4 Å². The fraction of sp³-hybridized carbons (Fsp3) is 0.333. The molecule has 0 aliphatic heterocycles. The number of aryl methyl sites for hydroxylation is 2. The van der Waals surface area contributed by atoms with Gasteiger partial charge in [-0.25, -0.2) is 4.39 Å². The van der Waals surface area contributed by atoms with Gasteiger partial charge < -0.3 is 9.84 Å². The van der Waals surface area contributed by atoms with Gasteiger partial charge in [0, 0.05) is 23.1 Å². The molecule has 0 aliphatic carbocycles. The standard InChI is InChI=1S/C24H23F4NO3S/c1-3-15-4-6-17(7-5-15)23-18(20(12-25)33-29-23)13-32-19-10-8-16(9-11-21(30)31)22(14(19)2)24(26,27)28/h4-8,10H,3,9,11-13H2,1-2H3,(H,30,31). The highest BCUT2D eigenvalue weighted by Crippen LogP contribution is 2.39. The number of benzene rings is 2. The van der Waals surface area contributed by atoms with E-state index in [0.717, 1.165) is 29.1 Å². The molecule has 2 aromatic carbocycles. The van der Waals surface area contributed by atoms with E-state index < -0.39 is 30.8 Å². The number of ether oxygens (including phenoxy) is 1. The van der Waals surface area contributed by atoms with E-state index in [2.05, 4.69) is 4.37 Å². The predicted octanol–water partition coefficient (Wildman–Crippen LogP) is 6.77. The van der Waals surface area contributed by atoms with Crippen molar-refractivity contribution < 1.29 is 32.2 Å². The Bertz CT molecular complexity index is 1120. The average molecular weight is 482 g/mol. The zero-order valence-electron chi connectivity index (χ0n) is 18.1. The summed E-state index contributed by atoms with van der Waals surface area (Å²) in [5.74, 6) is -1.17. The van der Waals surface area contributed by atoms with Crippen molar-refractivity contribution in [2.24, 2.45) is 0 Å². The van der Waals surface area contributed by atoms with E-state index in [9.17, 15) is 22.4 Å². The second-order valence-electron chi connectivity index (χ2n) is 7.52. The highest BCUT2D eigenvalue weighted by molar-refractivity contribution is 7.06. The third-order valence-electron chi connectivity index (χ3n) is 5.39. The smallest absolute Gasteiger partial charge is 0.417 e. The number of carboxylic acid groups (broad SMARTS) is 1. The Morgan fingerprint density at radius 1 is 1.15 bits per heavy atom. The van der Waals surface area contributed by atoms with Gasteiger partial charge in [-0.3, -0.25) is 4.79 Å².